The molecule has 1 heteroatoms. The average molecular weight is 153 g/mol. The fourth-order valence-corrected chi connectivity index (χ4v) is 1.46. The summed E-state index contributed by atoms with van der Waals surface area (Å²) in [6, 6.07) is 0. The summed E-state index contributed by atoms with van der Waals surface area (Å²) >= 11 is 0. The van der Waals surface area contributed by atoms with Crippen molar-refractivity contribution in [2.45, 2.75) is 39.0 Å². The molecule has 0 radical (unpaired) electrons. The molecule has 0 saturated carbocycles. The highest BCUT2D eigenvalue weighted by molar-refractivity contribution is 5.08. The number of unbranched alkanes of at least 4 members (excludes halogenated alkanes) is 3. The Morgan fingerprint density at radius 3 is 3.00 bits per heavy atom. The molecule has 11 heavy (non-hydrogen) atoms. The van der Waals surface area contributed by atoms with Gasteiger partial charge in [0.1, 0.15) is 0 Å². The van der Waals surface area contributed by atoms with E-state index in [0.29, 0.717) is 0 Å². The molecule has 1 saturated heterocycles. The number of allylic oxidation sites excluding steroid dienone is 1. The first-order valence-corrected chi connectivity index (χ1v) is 4.82. The molecule has 1 aliphatic rings. The van der Waals surface area contributed by atoms with E-state index < -0.39 is 0 Å². The van der Waals surface area contributed by atoms with Crippen LogP contribution < -0.4 is 5.32 Å². The largest absolute Gasteiger partial charge is 0.313 e. The molecule has 64 valence electrons. The molecule has 0 aromatic rings. The van der Waals surface area contributed by atoms with Crippen LogP contribution in [0.25, 0.3) is 0 Å². The van der Waals surface area contributed by atoms with Gasteiger partial charge in [-0.3, -0.25) is 0 Å². The zero-order valence-corrected chi connectivity index (χ0v) is 7.53. The van der Waals surface area contributed by atoms with Crippen molar-refractivity contribution in [1.82, 2.24) is 5.32 Å². The third kappa shape index (κ3) is 3.57. The maximum atomic E-state index is 3.34. The number of hydrogen-bond donors (Lipinski definition) is 1. The summed E-state index contributed by atoms with van der Waals surface area (Å²) in [5, 5.41) is 3.34. The minimum Gasteiger partial charge on any atom is -0.313 e. The van der Waals surface area contributed by atoms with Gasteiger partial charge in [0.2, 0.25) is 0 Å². The maximum Gasteiger partial charge on any atom is 0.0165 e. The first kappa shape index (κ1) is 8.79. The van der Waals surface area contributed by atoms with Gasteiger partial charge in [-0.1, -0.05) is 31.4 Å². The summed E-state index contributed by atoms with van der Waals surface area (Å²) in [5.41, 5.74) is 1.63. The van der Waals surface area contributed by atoms with Gasteiger partial charge in [0, 0.05) is 6.54 Å². The Morgan fingerprint density at radius 1 is 1.45 bits per heavy atom. The van der Waals surface area contributed by atoms with Crippen LogP contribution in [0.4, 0.5) is 0 Å². The van der Waals surface area contributed by atoms with E-state index in [9.17, 15) is 0 Å². The van der Waals surface area contributed by atoms with Gasteiger partial charge in [0.15, 0.2) is 0 Å². The van der Waals surface area contributed by atoms with E-state index in [4.69, 9.17) is 0 Å². The number of nitrogens with one attached hydrogen (secondary N) is 1. The van der Waals surface area contributed by atoms with Crippen molar-refractivity contribution in [3.05, 3.63) is 11.6 Å². The van der Waals surface area contributed by atoms with Crippen molar-refractivity contribution < 1.29 is 0 Å². The van der Waals surface area contributed by atoms with Crippen LogP contribution in [0.5, 0.6) is 0 Å². The molecule has 0 amide bonds. The molecule has 1 heterocycles. The molecule has 0 aromatic heterocycles. The average Bonchev–Trinajstić information content (AvgIpc) is 2.50. The monoisotopic (exact) mass is 153 g/mol. The second-order valence-electron chi connectivity index (χ2n) is 3.28. The fourth-order valence-electron chi connectivity index (χ4n) is 1.46. The molecule has 1 N–H and O–H groups in total. The van der Waals surface area contributed by atoms with Gasteiger partial charge < -0.3 is 5.32 Å². The highest BCUT2D eigenvalue weighted by Crippen LogP contribution is 2.09. The molecule has 1 rings (SSSR count). The van der Waals surface area contributed by atoms with Crippen LogP contribution in [0.1, 0.15) is 39.0 Å². The van der Waals surface area contributed by atoms with Crippen LogP contribution in [0.15, 0.2) is 11.6 Å². The lowest BCUT2D eigenvalue weighted by molar-refractivity contribution is 0.726. The van der Waals surface area contributed by atoms with Crippen LogP contribution >= 0.6 is 0 Å². The quantitative estimate of drug-likeness (QED) is 0.483. The smallest absolute Gasteiger partial charge is 0.0165 e. The first-order chi connectivity index (χ1) is 5.43. The van der Waals surface area contributed by atoms with Gasteiger partial charge in [-0.05, 0) is 25.8 Å². The summed E-state index contributed by atoms with van der Waals surface area (Å²) in [4.78, 5) is 0. The standard InChI is InChI=1S/C10H19N/c1-2-3-4-5-6-10-7-8-11-9-10/h6,11H,2-5,7-9H2,1H3. The van der Waals surface area contributed by atoms with Gasteiger partial charge in [0.05, 0.1) is 0 Å². The summed E-state index contributed by atoms with van der Waals surface area (Å²) < 4.78 is 0. The summed E-state index contributed by atoms with van der Waals surface area (Å²) in [6.07, 6.45) is 9.10. The van der Waals surface area contributed by atoms with Gasteiger partial charge in [-0.15, -0.1) is 0 Å². The molecule has 0 aliphatic carbocycles. The van der Waals surface area contributed by atoms with Crippen LogP contribution in [-0.2, 0) is 0 Å². The SMILES string of the molecule is CCCCCC=C1CCNC1. The molecule has 0 aromatic carbocycles. The molecule has 1 nitrogen and oxygen atoms in total. The van der Waals surface area contributed by atoms with E-state index in [2.05, 4.69) is 18.3 Å². The summed E-state index contributed by atoms with van der Waals surface area (Å²) in [6.45, 7) is 4.59. The Balaban J connectivity index is 2.03. The van der Waals surface area contributed by atoms with Gasteiger partial charge >= 0.3 is 0 Å². The van der Waals surface area contributed by atoms with Crippen LogP contribution in [0, 0.1) is 0 Å². The number of hydrogen-bond acceptors (Lipinski definition) is 1. The van der Waals surface area contributed by atoms with Gasteiger partial charge in [0.25, 0.3) is 0 Å². The van der Waals surface area contributed by atoms with Gasteiger partial charge in [-0.25, -0.2) is 0 Å². The fraction of sp³-hybridized carbons (Fsp3) is 0.800. The Kier molecular flexibility index (Phi) is 4.29. The van der Waals surface area contributed by atoms with Crippen molar-refractivity contribution >= 4 is 0 Å². The Labute approximate surface area is 69.9 Å². The van der Waals surface area contributed by atoms with Crippen molar-refractivity contribution in [3.8, 4) is 0 Å². The Bertz CT molecular complexity index is 119. The maximum absolute atomic E-state index is 3.34. The summed E-state index contributed by atoms with van der Waals surface area (Å²) in [5.74, 6) is 0. The molecular formula is C10H19N. The molecule has 1 fully saturated rings. The van der Waals surface area contributed by atoms with Crippen LogP contribution in [0.3, 0.4) is 0 Å². The van der Waals surface area contributed by atoms with Crippen molar-refractivity contribution in [1.29, 1.82) is 0 Å². The van der Waals surface area contributed by atoms with E-state index in [1.54, 1.807) is 5.57 Å². The van der Waals surface area contributed by atoms with Crippen LogP contribution in [0.2, 0.25) is 0 Å². The Morgan fingerprint density at radius 2 is 2.36 bits per heavy atom. The van der Waals surface area contributed by atoms with Crippen LogP contribution in [-0.4, -0.2) is 13.1 Å². The van der Waals surface area contributed by atoms with E-state index >= 15 is 0 Å². The third-order valence-electron chi connectivity index (χ3n) is 2.22. The Hall–Kier alpha value is -0.300. The van der Waals surface area contributed by atoms with E-state index in [1.165, 1.54) is 38.6 Å². The molecule has 0 atom stereocenters. The molecule has 0 unspecified atom stereocenters. The minimum atomic E-state index is 1.14. The van der Waals surface area contributed by atoms with E-state index in [0.717, 1.165) is 6.54 Å². The van der Waals surface area contributed by atoms with Crippen molar-refractivity contribution in [2.24, 2.45) is 0 Å². The van der Waals surface area contributed by atoms with E-state index in [1.807, 2.05) is 0 Å². The van der Waals surface area contributed by atoms with Crippen molar-refractivity contribution in [2.75, 3.05) is 13.1 Å². The lowest BCUT2D eigenvalue weighted by Gasteiger charge is -1.95. The minimum absolute atomic E-state index is 1.14. The highest BCUT2D eigenvalue weighted by atomic mass is 14.9. The van der Waals surface area contributed by atoms with E-state index in [-0.39, 0.29) is 0 Å². The molecule has 1 aliphatic heterocycles. The van der Waals surface area contributed by atoms with Crippen molar-refractivity contribution in [3.63, 3.8) is 0 Å². The first-order valence-electron chi connectivity index (χ1n) is 4.82. The highest BCUT2D eigenvalue weighted by Gasteiger charge is 2.03. The predicted molar refractivity (Wildman–Crippen MR) is 49.7 cm³/mol. The normalized spacial score (nSPS) is 21.4. The number of rotatable bonds is 4. The molecule has 0 spiro atoms. The second-order valence-corrected chi connectivity index (χ2v) is 3.28. The third-order valence-corrected chi connectivity index (χ3v) is 2.22. The zero-order chi connectivity index (χ0) is 7.94. The zero-order valence-electron chi connectivity index (χ0n) is 7.53. The predicted octanol–water partition coefficient (Wildman–Crippen LogP) is 2.49. The lowest BCUT2D eigenvalue weighted by atomic mass is 10.1. The second kappa shape index (κ2) is 5.36. The lowest BCUT2D eigenvalue weighted by Crippen LogP contribution is -2.04. The summed E-state index contributed by atoms with van der Waals surface area (Å²) in [7, 11) is 0. The molecule has 0 bridgehead atoms. The topological polar surface area (TPSA) is 12.0 Å². The van der Waals surface area contributed by atoms with Gasteiger partial charge in [-0.2, -0.15) is 0 Å². The molecular weight excluding hydrogens is 134 g/mol.